The highest BCUT2D eigenvalue weighted by Crippen LogP contribution is 2.17. The first-order valence-electron chi connectivity index (χ1n) is 9.67. The molecule has 0 saturated carbocycles. The van der Waals surface area contributed by atoms with E-state index in [2.05, 4.69) is 43.8 Å². The van der Waals surface area contributed by atoms with Crippen LogP contribution in [0.25, 0.3) is 0 Å². The summed E-state index contributed by atoms with van der Waals surface area (Å²) >= 11 is 0. The molecule has 9 nitrogen and oxygen atoms in total. The molecule has 0 aliphatic carbocycles. The molecule has 0 unspecified atom stereocenters. The Morgan fingerprint density at radius 1 is 0.923 bits per heavy atom. The monoisotopic (exact) mass is 365 g/mol. The van der Waals surface area contributed by atoms with Crippen LogP contribution in [0.2, 0.25) is 0 Å². The zero-order valence-corrected chi connectivity index (χ0v) is 16.0. The number of morpholine rings is 2. The minimum Gasteiger partial charge on any atom is -0.379 e. The number of nitrogens with one attached hydrogen (secondary N) is 1. The van der Waals surface area contributed by atoms with Gasteiger partial charge in [-0.25, -0.2) is 0 Å². The minimum atomic E-state index is 0.650. The molecule has 1 aromatic heterocycles. The van der Waals surface area contributed by atoms with Gasteiger partial charge in [-0.05, 0) is 13.8 Å². The first-order chi connectivity index (χ1) is 12.8. The first kappa shape index (κ1) is 19.1. The maximum atomic E-state index is 5.45. The lowest BCUT2D eigenvalue weighted by Crippen LogP contribution is -2.39. The third kappa shape index (κ3) is 5.15. The largest absolute Gasteiger partial charge is 0.379 e. The van der Waals surface area contributed by atoms with Crippen LogP contribution in [0, 0.1) is 0 Å². The van der Waals surface area contributed by atoms with Gasteiger partial charge in [0.1, 0.15) is 0 Å². The predicted molar refractivity (Wildman–Crippen MR) is 102 cm³/mol. The molecule has 0 atom stereocenters. The Morgan fingerprint density at radius 2 is 1.58 bits per heavy atom. The van der Waals surface area contributed by atoms with Crippen LogP contribution in [0.4, 0.5) is 17.8 Å². The Morgan fingerprint density at radius 3 is 2.23 bits per heavy atom. The lowest BCUT2D eigenvalue weighted by atomic mass is 10.4. The summed E-state index contributed by atoms with van der Waals surface area (Å²) in [7, 11) is 0. The molecule has 0 spiro atoms. The molecule has 3 heterocycles. The molecule has 2 fully saturated rings. The number of hydrogen-bond donors (Lipinski definition) is 1. The number of anilines is 3. The van der Waals surface area contributed by atoms with Crippen LogP contribution in [0.3, 0.4) is 0 Å². The van der Waals surface area contributed by atoms with E-state index in [1.807, 2.05) is 0 Å². The van der Waals surface area contributed by atoms with Crippen molar-refractivity contribution in [3.8, 4) is 0 Å². The van der Waals surface area contributed by atoms with Gasteiger partial charge in [-0.15, -0.1) is 0 Å². The lowest BCUT2D eigenvalue weighted by molar-refractivity contribution is 0.0398. The summed E-state index contributed by atoms with van der Waals surface area (Å²) < 4.78 is 10.8. The van der Waals surface area contributed by atoms with Gasteiger partial charge in [-0.1, -0.05) is 0 Å². The van der Waals surface area contributed by atoms with Crippen molar-refractivity contribution in [2.24, 2.45) is 0 Å². The van der Waals surface area contributed by atoms with E-state index in [9.17, 15) is 0 Å². The number of hydrogen-bond acceptors (Lipinski definition) is 9. The highest BCUT2D eigenvalue weighted by molar-refractivity contribution is 5.45. The van der Waals surface area contributed by atoms with Crippen molar-refractivity contribution in [1.82, 2.24) is 19.9 Å². The summed E-state index contributed by atoms with van der Waals surface area (Å²) in [5.74, 6) is 2.12. The molecule has 0 aromatic carbocycles. The van der Waals surface area contributed by atoms with E-state index < -0.39 is 0 Å². The van der Waals surface area contributed by atoms with Gasteiger partial charge >= 0.3 is 0 Å². The maximum absolute atomic E-state index is 5.45. The van der Waals surface area contributed by atoms with E-state index in [1.165, 1.54) is 0 Å². The summed E-state index contributed by atoms with van der Waals surface area (Å²) in [6, 6.07) is 0. The van der Waals surface area contributed by atoms with Crippen molar-refractivity contribution in [1.29, 1.82) is 0 Å². The van der Waals surface area contributed by atoms with Crippen LogP contribution in [0.1, 0.15) is 13.8 Å². The van der Waals surface area contributed by atoms with Crippen molar-refractivity contribution in [2.45, 2.75) is 13.8 Å². The molecule has 146 valence electrons. The molecule has 3 rings (SSSR count). The molecule has 0 radical (unpaired) electrons. The molecule has 26 heavy (non-hydrogen) atoms. The molecule has 1 N–H and O–H groups in total. The van der Waals surface area contributed by atoms with E-state index in [-0.39, 0.29) is 0 Å². The number of aromatic nitrogens is 3. The lowest BCUT2D eigenvalue weighted by Gasteiger charge is -2.28. The summed E-state index contributed by atoms with van der Waals surface area (Å²) in [6.45, 7) is 14.4. The van der Waals surface area contributed by atoms with Crippen molar-refractivity contribution < 1.29 is 9.47 Å². The average Bonchev–Trinajstić information content (AvgIpc) is 2.70. The normalized spacial score (nSPS) is 18.8. The Balaban J connectivity index is 1.68. The first-order valence-corrected chi connectivity index (χ1v) is 9.67. The van der Waals surface area contributed by atoms with Crippen LogP contribution in [-0.4, -0.2) is 98.6 Å². The quantitative estimate of drug-likeness (QED) is 0.699. The Labute approximate surface area is 155 Å². The van der Waals surface area contributed by atoms with Gasteiger partial charge in [0, 0.05) is 52.4 Å². The van der Waals surface area contributed by atoms with Gasteiger partial charge in [-0.3, -0.25) is 4.90 Å². The van der Waals surface area contributed by atoms with Gasteiger partial charge in [0.25, 0.3) is 0 Å². The summed E-state index contributed by atoms with van der Waals surface area (Å²) in [5.41, 5.74) is 0. The van der Waals surface area contributed by atoms with Crippen LogP contribution in [-0.2, 0) is 9.47 Å². The molecule has 1 aromatic rings. The van der Waals surface area contributed by atoms with Crippen LogP contribution < -0.4 is 15.1 Å². The fourth-order valence-electron chi connectivity index (χ4n) is 3.14. The number of nitrogens with zero attached hydrogens (tertiary/aromatic N) is 6. The van der Waals surface area contributed by atoms with E-state index in [0.717, 1.165) is 77.5 Å². The summed E-state index contributed by atoms with van der Waals surface area (Å²) in [5, 5.41) is 3.39. The summed E-state index contributed by atoms with van der Waals surface area (Å²) in [6.07, 6.45) is 0. The van der Waals surface area contributed by atoms with E-state index in [4.69, 9.17) is 14.5 Å². The van der Waals surface area contributed by atoms with Gasteiger partial charge in [0.15, 0.2) is 0 Å². The van der Waals surface area contributed by atoms with Crippen LogP contribution >= 0.6 is 0 Å². The Hall–Kier alpha value is -1.71. The Kier molecular flexibility index (Phi) is 7.22. The zero-order valence-electron chi connectivity index (χ0n) is 16.0. The van der Waals surface area contributed by atoms with Crippen molar-refractivity contribution in [2.75, 3.05) is 93.9 Å². The standard InChI is InChI=1S/C17H31N7O2/c1-3-23(4-2)16-19-15(18-5-6-22-7-11-25-12-8-22)20-17(21-16)24-9-13-26-14-10-24/h3-14H2,1-2H3,(H,18,19,20,21). The van der Waals surface area contributed by atoms with Crippen molar-refractivity contribution in [3.63, 3.8) is 0 Å². The van der Waals surface area contributed by atoms with Crippen molar-refractivity contribution in [3.05, 3.63) is 0 Å². The number of ether oxygens (including phenoxy) is 2. The molecule has 9 heteroatoms. The van der Waals surface area contributed by atoms with E-state index >= 15 is 0 Å². The zero-order chi connectivity index (χ0) is 18.2. The highest BCUT2D eigenvalue weighted by atomic mass is 16.5. The molecule has 2 saturated heterocycles. The maximum Gasteiger partial charge on any atom is 0.232 e. The smallest absolute Gasteiger partial charge is 0.232 e. The fourth-order valence-corrected chi connectivity index (χ4v) is 3.14. The van der Waals surface area contributed by atoms with Crippen LogP contribution in [0.5, 0.6) is 0 Å². The summed E-state index contributed by atoms with van der Waals surface area (Å²) in [4.78, 5) is 20.7. The van der Waals surface area contributed by atoms with E-state index in [0.29, 0.717) is 19.2 Å². The molecule has 0 bridgehead atoms. The topological polar surface area (TPSA) is 78.9 Å². The second-order valence-electron chi connectivity index (χ2n) is 6.41. The SMILES string of the molecule is CCN(CC)c1nc(NCCN2CCOCC2)nc(N2CCOCC2)n1. The van der Waals surface area contributed by atoms with Gasteiger partial charge in [0.05, 0.1) is 26.4 Å². The van der Waals surface area contributed by atoms with Crippen LogP contribution in [0.15, 0.2) is 0 Å². The second kappa shape index (κ2) is 9.84. The fraction of sp³-hybridized carbons (Fsp3) is 0.824. The molecular formula is C17H31N7O2. The Bertz CT molecular complexity index is 544. The minimum absolute atomic E-state index is 0.650. The molecule has 2 aliphatic heterocycles. The molecule has 2 aliphatic rings. The van der Waals surface area contributed by atoms with Gasteiger partial charge in [0.2, 0.25) is 17.8 Å². The van der Waals surface area contributed by atoms with Gasteiger partial charge < -0.3 is 24.6 Å². The van der Waals surface area contributed by atoms with Gasteiger partial charge in [-0.2, -0.15) is 15.0 Å². The third-order valence-corrected chi connectivity index (χ3v) is 4.77. The molecule has 0 amide bonds. The van der Waals surface area contributed by atoms with Crippen molar-refractivity contribution >= 4 is 17.8 Å². The predicted octanol–water partition coefficient (Wildman–Crippen LogP) is 0.299. The van der Waals surface area contributed by atoms with E-state index in [1.54, 1.807) is 0 Å². The third-order valence-electron chi connectivity index (χ3n) is 4.77. The molecular weight excluding hydrogens is 334 g/mol. The number of rotatable bonds is 8. The highest BCUT2D eigenvalue weighted by Gasteiger charge is 2.18. The second-order valence-corrected chi connectivity index (χ2v) is 6.41. The average molecular weight is 365 g/mol.